The number of nitrogens with zero attached hydrogens (tertiary/aromatic N) is 12. The first kappa shape index (κ1) is 87.3. The molecule has 0 N–H and O–H groups in total. The number of hydrogen-bond acceptors (Lipinski definition) is 12. The van der Waals surface area contributed by atoms with Crippen LogP contribution in [-0.2, 0) is 0 Å². The van der Waals surface area contributed by atoms with Crippen LogP contribution in [0.25, 0.3) is 284 Å². The molecule has 0 aliphatic carbocycles. The van der Waals surface area contributed by atoms with Crippen LogP contribution in [0.4, 0.5) is 0 Å². The van der Waals surface area contributed by atoms with Gasteiger partial charge in [0.15, 0.2) is 52.4 Å². The Bertz CT molecular complexity index is 10300. The van der Waals surface area contributed by atoms with E-state index in [1.807, 2.05) is 231 Å². The predicted octanol–water partition coefficient (Wildman–Crippen LogP) is 34.6. The van der Waals surface area contributed by atoms with E-state index in [0.717, 1.165) is 188 Å². The van der Waals surface area contributed by atoms with E-state index in [1.54, 1.807) is 0 Å². The standard InChI is InChI=1S/3C45H28N4O/c1-4-15-29(16-5-1)43-46-44(30-17-6-2-7-18-30)48-45(47-43)36-25-14-28-39-41(36)35-24-12-23-33(42(35)50-39)32-22-13-27-38-40(32)34-21-10-11-26-37(34)49(38)31-19-8-3-9-20-31;1-4-15-29(16-5-1)43-46-44(30-17-6-2-7-18-30)48-45(47-43)35-24-14-28-39-42(35)41-33(23-13-27-38(41)50-39)32-22-12-26-37-40(32)34-21-10-11-25-36(34)49(37)31-19-8-3-9-20-31;1-4-14-29(15-5-1)43-46-44(30-16-6-2-7-17-30)48-45(47-43)35-22-13-25-40-42(35)41-33(21-12-24-39(41)50-40)31-26-27-38-36(28-31)34-20-10-11-23-37(34)49(38)32-18-8-3-9-19-32/h3*1-28H. The quantitative estimate of drug-likeness (QED) is 0.0953. The minimum Gasteiger partial charge on any atom is -0.456 e. The number of hydrogen-bond donors (Lipinski definition) is 0. The van der Waals surface area contributed by atoms with Crippen molar-refractivity contribution in [1.82, 2.24) is 58.6 Å². The summed E-state index contributed by atoms with van der Waals surface area (Å²) in [6.45, 7) is 0. The van der Waals surface area contributed by atoms with Crippen molar-refractivity contribution in [1.29, 1.82) is 0 Å². The Morgan fingerprint density at radius 3 is 0.753 bits per heavy atom. The molecule has 0 radical (unpaired) electrons. The Labute approximate surface area is 859 Å². The van der Waals surface area contributed by atoms with Crippen molar-refractivity contribution >= 4 is 131 Å². The van der Waals surface area contributed by atoms with Gasteiger partial charge in [0.05, 0.1) is 33.1 Å². The number of benzene rings is 21. The zero-order valence-electron chi connectivity index (χ0n) is 80.6. The third kappa shape index (κ3) is 15.3. The maximum Gasteiger partial charge on any atom is 0.164 e. The maximum absolute atomic E-state index is 6.80. The molecule has 15 nitrogen and oxygen atoms in total. The fraction of sp³-hybridized carbons (Fsp3) is 0. The number of fused-ring (bicyclic) bond motifs is 18. The molecule has 702 valence electrons. The van der Waals surface area contributed by atoms with E-state index < -0.39 is 0 Å². The zero-order chi connectivity index (χ0) is 99.1. The van der Waals surface area contributed by atoms with Gasteiger partial charge in [-0.1, -0.05) is 400 Å². The van der Waals surface area contributed by atoms with Crippen LogP contribution in [0.15, 0.2) is 523 Å². The molecule has 9 heterocycles. The summed E-state index contributed by atoms with van der Waals surface area (Å²) in [5, 5.41) is 13.2. The van der Waals surface area contributed by atoms with E-state index in [1.165, 1.54) is 43.4 Å². The van der Waals surface area contributed by atoms with Crippen LogP contribution in [0.5, 0.6) is 0 Å². The summed E-state index contributed by atoms with van der Waals surface area (Å²) >= 11 is 0. The SMILES string of the molecule is c1ccc(-c2nc(-c3ccccc3)nc(-c3cccc4oc5c(-c6cccc7c6c6ccccc6n7-c6ccccc6)cccc5c34)n2)cc1.c1ccc(-c2nc(-c3ccccc3)nc(-c3cccc4oc5cccc(-c6ccc7c(c6)c6ccccc6n7-c6ccccc6)c5c34)n2)cc1.c1ccc(-c2nc(-c3ccccc3)nc(-c3cccc4oc5cccc(-c6cccc7c6c6ccccc6n7-c6ccccc6)c5c34)n2)cc1. The molecule has 0 aliphatic heterocycles. The third-order valence-corrected chi connectivity index (χ3v) is 28.4. The lowest BCUT2D eigenvalue weighted by Crippen LogP contribution is -2.00. The molecular formula is C135H84N12O3. The van der Waals surface area contributed by atoms with Gasteiger partial charge in [0.2, 0.25) is 0 Å². The molecule has 30 rings (SSSR count). The number of aromatic nitrogens is 12. The van der Waals surface area contributed by atoms with Crippen LogP contribution >= 0.6 is 0 Å². The molecule has 0 spiro atoms. The summed E-state index contributed by atoms with van der Waals surface area (Å²) in [6.07, 6.45) is 0. The molecule has 21 aromatic carbocycles. The van der Waals surface area contributed by atoms with Gasteiger partial charge < -0.3 is 27.0 Å². The summed E-state index contributed by atoms with van der Waals surface area (Å²) < 4.78 is 27.0. The van der Waals surface area contributed by atoms with Gasteiger partial charge in [-0.15, -0.1) is 0 Å². The van der Waals surface area contributed by atoms with Gasteiger partial charge in [0.25, 0.3) is 0 Å². The molecule has 0 saturated heterocycles. The van der Waals surface area contributed by atoms with Crippen LogP contribution in [0, 0.1) is 0 Å². The second kappa shape index (κ2) is 37.0. The van der Waals surface area contributed by atoms with Crippen LogP contribution in [0.3, 0.4) is 0 Å². The van der Waals surface area contributed by atoms with Gasteiger partial charge in [-0.25, -0.2) is 44.9 Å². The van der Waals surface area contributed by atoms with Crippen LogP contribution in [0.2, 0.25) is 0 Å². The smallest absolute Gasteiger partial charge is 0.164 e. The van der Waals surface area contributed by atoms with Crippen molar-refractivity contribution < 1.29 is 13.3 Å². The van der Waals surface area contributed by atoms with Gasteiger partial charge in [0, 0.05) is 137 Å². The fourth-order valence-electron chi connectivity index (χ4n) is 21.8. The summed E-state index contributed by atoms with van der Waals surface area (Å²) in [7, 11) is 0. The van der Waals surface area contributed by atoms with Gasteiger partial charge in [0.1, 0.15) is 33.5 Å². The number of furan rings is 3. The average Bonchev–Trinajstić information content (AvgIpc) is 1.58. The van der Waals surface area contributed by atoms with Crippen molar-refractivity contribution in [2.75, 3.05) is 0 Å². The summed E-state index contributed by atoms with van der Waals surface area (Å²) in [5.41, 5.74) is 30.1. The number of para-hydroxylation sites is 7. The van der Waals surface area contributed by atoms with Gasteiger partial charge in [-0.05, 0) is 137 Å². The monoisotopic (exact) mass is 1920 g/mol. The normalized spacial score (nSPS) is 11.6. The second-order valence-corrected chi connectivity index (χ2v) is 37.2. The average molecular weight is 1920 g/mol. The summed E-state index contributed by atoms with van der Waals surface area (Å²) in [4.78, 5) is 45.2. The fourth-order valence-corrected chi connectivity index (χ4v) is 21.8. The van der Waals surface area contributed by atoms with Crippen molar-refractivity contribution in [2.24, 2.45) is 0 Å². The second-order valence-electron chi connectivity index (χ2n) is 37.2. The van der Waals surface area contributed by atoms with E-state index in [2.05, 4.69) is 293 Å². The summed E-state index contributed by atoms with van der Waals surface area (Å²) in [6, 6.07) is 175. The molecule has 0 amide bonds. The van der Waals surface area contributed by atoms with Gasteiger partial charge in [-0.2, -0.15) is 0 Å². The zero-order valence-corrected chi connectivity index (χ0v) is 80.6. The third-order valence-electron chi connectivity index (χ3n) is 28.4. The molecule has 0 fully saturated rings. The Morgan fingerprint density at radius 2 is 0.373 bits per heavy atom. The summed E-state index contributed by atoms with van der Waals surface area (Å²) in [5.74, 6) is 5.55. The van der Waals surface area contributed by atoms with E-state index >= 15 is 0 Å². The molecule has 150 heavy (non-hydrogen) atoms. The predicted molar refractivity (Wildman–Crippen MR) is 610 cm³/mol. The van der Waals surface area contributed by atoms with Crippen molar-refractivity contribution in [3.05, 3.63) is 510 Å². The molecule has 30 aromatic rings. The highest BCUT2D eigenvalue weighted by Gasteiger charge is 2.29. The Balaban J connectivity index is 0.000000108. The van der Waals surface area contributed by atoms with E-state index in [0.29, 0.717) is 52.4 Å². The molecule has 0 unspecified atom stereocenters. The molecule has 15 heteroatoms. The van der Waals surface area contributed by atoms with E-state index in [-0.39, 0.29) is 0 Å². The van der Waals surface area contributed by atoms with Crippen LogP contribution in [-0.4, -0.2) is 58.6 Å². The molecule has 0 saturated carbocycles. The lowest BCUT2D eigenvalue weighted by molar-refractivity contribution is 0.668. The molecule has 0 bridgehead atoms. The topological polar surface area (TPSA) is 170 Å². The van der Waals surface area contributed by atoms with Crippen LogP contribution < -0.4 is 0 Å². The van der Waals surface area contributed by atoms with Gasteiger partial charge in [-0.3, -0.25) is 0 Å². The van der Waals surface area contributed by atoms with E-state index in [4.69, 9.17) is 58.1 Å². The highest BCUT2D eigenvalue weighted by Crippen LogP contribution is 2.51. The van der Waals surface area contributed by atoms with E-state index in [9.17, 15) is 0 Å². The lowest BCUT2D eigenvalue weighted by Gasteiger charge is -2.11. The molecule has 0 atom stereocenters. The minimum absolute atomic E-state index is 0.597. The first-order valence-corrected chi connectivity index (χ1v) is 50.1. The van der Waals surface area contributed by atoms with Crippen LogP contribution in [0.1, 0.15) is 0 Å². The van der Waals surface area contributed by atoms with Crippen molar-refractivity contribution in [2.45, 2.75) is 0 Å². The highest BCUT2D eigenvalue weighted by molar-refractivity contribution is 6.25. The largest absolute Gasteiger partial charge is 0.456 e. The maximum atomic E-state index is 6.80. The Hall–Kier alpha value is -20.6. The van der Waals surface area contributed by atoms with Crippen molar-refractivity contribution in [3.63, 3.8) is 0 Å². The van der Waals surface area contributed by atoms with Gasteiger partial charge >= 0.3 is 0 Å². The first-order valence-electron chi connectivity index (χ1n) is 50.1. The Morgan fingerprint density at radius 1 is 0.133 bits per heavy atom. The molecule has 9 aromatic heterocycles. The first-order chi connectivity index (χ1) is 74.4. The number of rotatable bonds is 15. The lowest BCUT2D eigenvalue weighted by atomic mass is 9.94. The Kier molecular flexibility index (Phi) is 21.5. The molecular weight excluding hydrogens is 1840 g/mol. The molecule has 0 aliphatic rings. The van der Waals surface area contributed by atoms with Crippen molar-refractivity contribution in [3.8, 4) is 153 Å². The minimum atomic E-state index is 0.597. The highest BCUT2D eigenvalue weighted by atomic mass is 16.3.